The van der Waals surface area contributed by atoms with Crippen molar-refractivity contribution in [3.8, 4) is 0 Å². The van der Waals surface area contributed by atoms with Gasteiger partial charge in [-0.15, -0.1) is 0 Å². The molecule has 21 heavy (non-hydrogen) atoms. The Balaban J connectivity index is 2.78. The molecule has 0 unspecified atom stereocenters. The van der Waals surface area contributed by atoms with Crippen LogP contribution in [0.5, 0.6) is 0 Å². The summed E-state index contributed by atoms with van der Waals surface area (Å²) in [5.74, 6) is -0.428. The molecule has 1 aromatic heterocycles. The van der Waals surface area contributed by atoms with Crippen LogP contribution in [0.4, 0.5) is 13.2 Å². The van der Waals surface area contributed by atoms with Gasteiger partial charge in [0.2, 0.25) is 5.91 Å². The number of hydrogen-bond acceptors (Lipinski definition) is 3. The first-order chi connectivity index (χ1) is 9.39. The number of aromatic nitrogens is 2. The largest absolute Gasteiger partial charge is 0.408 e. The van der Waals surface area contributed by atoms with E-state index in [1.807, 2.05) is 0 Å². The third-order valence-corrected chi connectivity index (χ3v) is 2.67. The van der Waals surface area contributed by atoms with Crippen molar-refractivity contribution in [1.29, 1.82) is 0 Å². The second-order valence-electron chi connectivity index (χ2n) is 5.84. The zero-order valence-corrected chi connectivity index (χ0v) is 12.8. The number of nitrogens with zero attached hydrogens (tertiary/aromatic N) is 2. The predicted octanol–water partition coefficient (Wildman–Crippen LogP) is 2.45. The maximum absolute atomic E-state index is 12.4. The number of carbonyl (C=O) groups is 1. The number of amides is 1. The molecular weight excluding hydrogens is 287 g/mol. The van der Waals surface area contributed by atoms with E-state index >= 15 is 0 Å². The van der Waals surface area contributed by atoms with Crippen LogP contribution in [-0.2, 0) is 22.6 Å². The monoisotopic (exact) mass is 307 g/mol. The summed E-state index contributed by atoms with van der Waals surface area (Å²) in [6, 6.07) is 0. The highest BCUT2D eigenvalue weighted by Crippen LogP contribution is 2.21. The molecular formula is C13H20F3N3O2. The molecule has 1 amide bonds. The minimum atomic E-state index is -4.35. The number of nitrogens with one attached hydrogen (secondary N) is 1. The smallest absolute Gasteiger partial charge is 0.272 e. The lowest BCUT2D eigenvalue weighted by Crippen LogP contribution is -2.34. The van der Waals surface area contributed by atoms with Gasteiger partial charge in [-0.2, -0.15) is 18.3 Å². The van der Waals surface area contributed by atoms with Crippen LogP contribution >= 0.6 is 0 Å². The van der Waals surface area contributed by atoms with E-state index in [9.17, 15) is 18.0 Å². The number of aryl methyl sites for hydroxylation is 1. The lowest BCUT2D eigenvalue weighted by molar-refractivity contribution is -0.144. The van der Waals surface area contributed by atoms with Crippen LogP contribution in [0.2, 0.25) is 0 Å². The Morgan fingerprint density at radius 2 is 1.86 bits per heavy atom. The highest BCUT2D eigenvalue weighted by Gasteiger charge is 2.30. The van der Waals surface area contributed by atoms with Gasteiger partial charge in [-0.25, -0.2) is 5.48 Å². The van der Waals surface area contributed by atoms with Gasteiger partial charge in [0.15, 0.2) is 0 Å². The highest BCUT2D eigenvalue weighted by atomic mass is 19.4. The van der Waals surface area contributed by atoms with Gasteiger partial charge >= 0.3 is 6.18 Å². The second kappa shape index (κ2) is 6.05. The summed E-state index contributed by atoms with van der Waals surface area (Å²) < 4.78 is 38.1. The average molecular weight is 307 g/mol. The number of hydroxylamine groups is 1. The van der Waals surface area contributed by atoms with Crippen molar-refractivity contribution in [3.63, 3.8) is 0 Å². The predicted molar refractivity (Wildman–Crippen MR) is 70.4 cm³/mol. The van der Waals surface area contributed by atoms with Crippen molar-refractivity contribution in [1.82, 2.24) is 15.3 Å². The Bertz CT molecular complexity index is 516. The number of halogens is 3. The molecule has 120 valence electrons. The van der Waals surface area contributed by atoms with Gasteiger partial charge in [-0.3, -0.25) is 14.3 Å². The standard InChI is InChI=1S/C13H20F3N3O2/c1-8-10(6-11(20)18-21-12(3,4)5)9(2)19(17-8)7-13(14,15)16/h6-7H2,1-5H3,(H,18,20). The SMILES string of the molecule is Cc1nn(CC(F)(F)F)c(C)c1CC(=O)NOC(C)(C)C. The van der Waals surface area contributed by atoms with E-state index in [-0.39, 0.29) is 6.42 Å². The van der Waals surface area contributed by atoms with Crippen molar-refractivity contribution >= 4 is 5.91 Å². The van der Waals surface area contributed by atoms with Gasteiger partial charge in [0.05, 0.1) is 17.7 Å². The fourth-order valence-electron chi connectivity index (χ4n) is 1.72. The first-order valence-electron chi connectivity index (χ1n) is 6.45. The van der Waals surface area contributed by atoms with Crippen LogP contribution < -0.4 is 5.48 Å². The molecule has 0 radical (unpaired) electrons. The molecule has 0 aliphatic carbocycles. The Kier molecular flexibility index (Phi) is 5.03. The molecule has 0 aliphatic heterocycles. The Labute approximate surface area is 121 Å². The van der Waals surface area contributed by atoms with Crippen molar-refractivity contribution in [3.05, 3.63) is 17.0 Å². The van der Waals surface area contributed by atoms with Gasteiger partial charge in [-0.1, -0.05) is 0 Å². The highest BCUT2D eigenvalue weighted by molar-refractivity contribution is 5.78. The number of alkyl halides is 3. The molecule has 0 atom stereocenters. The zero-order chi connectivity index (χ0) is 16.4. The van der Waals surface area contributed by atoms with E-state index in [4.69, 9.17) is 4.84 Å². The van der Waals surface area contributed by atoms with Crippen molar-refractivity contribution in [2.75, 3.05) is 0 Å². The minimum absolute atomic E-state index is 0.0778. The number of rotatable bonds is 4. The normalized spacial score (nSPS) is 12.6. The van der Waals surface area contributed by atoms with E-state index in [2.05, 4.69) is 10.6 Å². The van der Waals surface area contributed by atoms with Gasteiger partial charge in [0.25, 0.3) is 0 Å². The molecule has 1 aromatic rings. The first kappa shape index (κ1) is 17.5. The summed E-state index contributed by atoms with van der Waals surface area (Å²) in [5, 5.41) is 3.83. The van der Waals surface area contributed by atoms with Crippen LogP contribution in [0, 0.1) is 13.8 Å². The molecule has 5 nitrogen and oxygen atoms in total. The van der Waals surface area contributed by atoms with E-state index in [1.165, 1.54) is 6.92 Å². The van der Waals surface area contributed by atoms with Gasteiger partial charge < -0.3 is 0 Å². The van der Waals surface area contributed by atoms with Crippen molar-refractivity contribution < 1.29 is 22.8 Å². The minimum Gasteiger partial charge on any atom is -0.272 e. The Morgan fingerprint density at radius 1 is 1.29 bits per heavy atom. The fourth-order valence-corrected chi connectivity index (χ4v) is 1.72. The van der Waals surface area contributed by atoms with Gasteiger partial charge in [0, 0.05) is 11.3 Å². The quantitative estimate of drug-likeness (QED) is 0.869. The molecule has 0 spiro atoms. The maximum Gasteiger partial charge on any atom is 0.408 e. The molecule has 0 aromatic carbocycles. The number of carbonyl (C=O) groups excluding carboxylic acids is 1. The number of hydrogen-bond donors (Lipinski definition) is 1. The molecule has 1 rings (SSSR count). The first-order valence-corrected chi connectivity index (χ1v) is 6.45. The molecule has 0 fully saturated rings. The van der Waals surface area contributed by atoms with Gasteiger partial charge in [0.1, 0.15) is 6.54 Å². The van der Waals surface area contributed by atoms with Crippen LogP contribution in [0.15, 0.2) is 0 Å². The summed E-state index contributed by atoms with van der Waals surface area (Å²) >= 11 is 0. The van der Waals surface area contributed by atoms with E-state index in [1.54, 1.807) is 27.7 Å². The molecule has 0 saturated carbocycles. The summed E-state index contributed by atoms with van der Waals surface area (Å²) in [5.41, 5.74) is 2.96. The van der Waals surface area contributed by atoms with Crippen molar-refractivity contribution in [2.45, 2.75) is 59.4 Å². The van der Waals surface area contributed by atoms with E-state index in [0.717, 1.165) is 4.68 Å². The van der Waals surface area contributed by atoms with Crippen LogP contribution in [0.3, 0.4) is 0 Å². The maximum atomic E-state index is 12.4. The fraction of sp³-hybridized carbons (Fsp3) is 0.692. The van der Waals surface area contributed by atoms with Gasteiger partial charge in [-0.05, 0) is 34.6 Å². The van der Waals surface area contributed by atoms with Crippen LogP contribution in [0.1, 0.15) is 37.7 Å². The lowest BCUT2D eigenvalue weighted by atomic mass is 10.1. The topological polar surface area (TPSA) is 56.2 Å². The molecule has 0 saturated heterocycles. The van der Waals surface area contributed by atoms with E-state index < -0.39 is 24.2 Å². The Hall–Kier alpha value is -1.57. The Morgan fingerprint density at radius 3 is 2.33 bits per heavy atom. The lowest BCUT2D eigenvalue weighted by Gasteiger charge is -2.18. The third kappa shape index (κ3) is 5.74. The van der Waals surface area contributed by atoms with Crippen LogP contribution in [0.25, 0.3) is 0 Å². The molecule has 1 N–H and O–H groups in total. The zero-order valence-electron chi connectivity index (χ0n) is 12.8. The van der Waals surface area contributed by atoms with E-state index in [0.29, 0.717) is 17.0 Å². The molecule has 8 heteroatoms. The summed E-state index contributed by atoms with van der Waals surface area (Å²) in [6.07, 6.45) is -4.43. The molecule has 0 aliphatic rings. The van der Waals surface area contributed by atoms with Crippen molar-refractivity contribution in [2.24, 2.45) is 0 Å². The third-order valence-electron chi connectivity index (χ3n) is 2.67. The summed E-state index contributed by atoms with van der Waals surface area (Å²) in [7, 11) is 0. The summed E-state index contributed by atoms with van der Waals surface area (Å²) in [6.45, 7) is 7.23. The molecule has 0 bridgehead atoms. The second-order valence-corrected chi connectivity index (χ2v) is 5.84. The average Bonchev–Trinajstić information content (AvgIpc) is 2.51. The van der Waals surface area contributed by atoms with Crippen LogP contribution in [-0.4, -0.2) is 27.5 Å². The summed E-state index contributed by atoms with van der Waals surface area (Å²) in [4.78, 5) is 16.9. The molecule has 1 heterocycles.